The highest BCUT2D eigenvalue weighted by Crippen LogP contribution is 2.27. The topological polar surface area (TPSA) is 31.9 Å². The summed E-state index contributed by atoms with van der Waals surface area (Å²) in [6, 6.07) is 8.04. The third-order valence-electron chi connectivity index (χ3n) is 2.64. The molecule has 1 aromatic carbocycles. The van der Waals surface area contributed by atoms with E-state index in [0.29, 0.717) is 3.95 Å². The molecule has 0 fully saturated rings. The molecule has 0 aliphatic carbocycles. The summed E-state index contributed by atoms with van der Waals surface area (Å²) in [6.07, 6.45) is 0. The third kappa shape index (κ3) is 2.86. The van der Waals surface area contributed by atoms with E-state index in [0.717, 1.165) is 15.7 Å². The average molecular weight is 286 g/mol. The Morgan fingerprint density at radius 2 is 2.29 bits per heavy atom. The number of H-pyrrole nitrogens is 1. The van der Waals surface area contributed by atoms with Crippen LogP contribution in [0.2, 0.25) is 5.02 Å². The van der Waals surface area contributed by atoms with E-state index in [4.69, 9.17) is 23.8 Å². The van der Waals surface area contributed by atoms with Crippen LogP contribution in [0.1, 0.15) is 18.5 Å². The van der Waals surface area contributed by atoms with Gasteiger partial charge in [-0.25, -0.2) is 0 Å². The van der Waals surface area contributed by atoms with Crippen LogP contribution in [0.25, 0.3) is 0 Å². The first-order valence-electron chi connectivity index (χ1n) is 5.11. The number of anilines is 1. The summed E-state index contributed by atoms with van der Waals surface area (Å²) in [6.45, 7) is 2.11. The van der Waals surface area contributed by atoms with Crippen LogP contribution in [0.3, 0.4) is 0 Å². The van der Waals surface area contributed by atoms with Gasteiger partial charge < -0.3 is 4.90 Å². The van der Waals surface area contributed by atoms with Gasteiger partial charge in [0, 0.05) is 12.1 Å². The SMILES string of the molecule is CC(c1cccc(Cl)c1)N(C)c1n[nH]c(=S)s1. The average Bonchev–Trinajstić information content (AvgIpc) is 2.74. The fraction of sp³-hybridized carbons (Fsp3) is 0.273. The van der Waals surface area contributed by atoms with Gasteiger partial charge in [-0.15, -0.1) is 5.10 Å². The smallest absolute Gasteiger partial charge is 0.207 e. The second-order valence-electron chi connectivity index (χ2n) is 3.74. The number of aromatic nitrogens is 2. The van der Waals surface area contributed by atoms with Gasteiger partial charge in [-0.1, -0.05) is 35.1 Å². The Morgan fingerprint density at radius 3 is 2.88 bits per heavy atom. The van der Waals surface area contributed by atoms with Crippen molar-refractivity contribution in [1.82, 2.24) is 10.2 Å². The minimum atomic E-state index is 0.197. The van der Waals surface area contributed by atoms with Crippen molar-refractivity contribution < 1.29 is 0 Å². The van der Waals surface area contributed by atoms with Crippen LogP contribution in [-0.4, -0.2) is 17.2 Å². The van der Waals surface area contributed by atoms with E-state index >= 15 is 0 Å². The first-order valence-corrected chi connectivity index (χ1v) is 6.72. The first-order chi connectivity index (χ1) is 8.08. The Balaban J connectivity index is 2.25. The van der Waals surface area contributed by atoms with Gasteiger partial charge in [0.25, 0.3) is 0 Å². The minimum absolute atomic E-state index is 0.197. The summed E-state index contributed by atoms with van der Waals surface area (Å²) in [5, 5.41) is 8.57. The van der Waals surface area contributed by atoms with Crippen molar-refractivity contribution in [3.63, 3.8) is 0 Å². The Labute approximate surface area is 114 Å². The molecule has 0 saturated carbocycles. The van der Waals surface area contributed by atoms with E-state index in [-0.39, 0.29) is 6.04 Å². The van der Waals surface area contributed by atoms with Crippen LogP contribution >= 0.6 is 35.2 Å². The number of nitrogens with one attached hydrogen (secondary N) is 1. The van der Waals surface area contributed by atoms with Gasteiger partial charge in [0.1, 0.15) is 0 Å². The number of hydrogen-bond acceptors (Lipinski definition) is 4. The first kappa shape index (κ1) is 12.5. The molecule has 90 valence electrons. The molecule has 2 aromatic rings. The lowest BCUT2D eigenvalue weighted by Crippen LogP contribution is -2.21. The van der Waals surface area contributed by atoms with Crippen molar-refractivity contribution in [2.45, 2.75) is 13.0 Å². The van der Waals surface area contributed by atoms with Crippen molar-refractivity contribution in [2.24, 2.45) is 0 Å². The van der Waals surface area contributed by atoms with Crippen LogP contribution in [0.4, 0.5) is 5.13 Å². The van der Waals surface area contributed by atoms with Gasteiger partial charge in [-0.05, 0) is 36.8 Å². The van der Waals surface area contributed by atoms with Crippen molar-refractivity contribution in [1.29, 1.82) is 0 Å². The molecule has 0 spiro atoms. The molecule has 1 unspecified atom stereocenters. The molecule has 3 nitrogen and oxygen atoms in total. The maximum Gasteiger partial charge on any atom is 0.207 e. The number of aromatic amines is 1. The summed E-state index contributed by atoms with van der Waals surface area (Å²) in [5.74, 6) is 0. The number of rotatable bonds is 3. The quantitative estimate of drug-likeness (QED) is 0.864. The summed E-state index contributed by atoms with van der Waals surface area (Å²) in [5.41, 5.74) is 1.15. The van der Waals surface area contributed by atoms with Crippen molar-refractivity contribution >= 4 is 40.3 Å². The van der Waals surface area contributed by atoms with Crippen molar-refractivity contribution in [3.05, 3.63) is 38.8 Å². The van der Waals surface area contributed by atoms with Crippen LogP contribution in [0.5, 0.6) is 0 Å². The molecule has 17 heavy (non-hydrogen) atoms. The van der Waals surface area contributed by atoms with Crippen LogP contribution in [0, 0.1) is 3.95 Å². The van der Waals surface area contributed by atoms with E-state index < -0.39 is 0 Å². The van der Waals surface area contributed by atoms with Crippen LogP contribution in [0.15, 0.2) is 24.3 Å². The lowest BCUT2D eigenvalue weighted by Gasteiger charge is -2.24. The van der Waals surface area contributed by atoms with E-state index in [9.17, 15) is 0 Å². The number of hydrogen-bond donors (Lipinski definition) is 1. The molecular formula is C11H12ClN3S2. The van der Waals surface area contributed by atoms with E-state index in [1.54, 1.807) is 0 Å². The zero-order valence-electron chi connectivity index (χ0n) is 9.48. The molecule has 6 heteroatoms. The Morgan fingerprint density at radius 1 is 1.53 bits per heavy atom. The second kappa shape index (κ2) is 5.16. The third-order valence-corrected chi connectivity index (χ3v) is 4.06. The predicted octanol–water partition coefficient (Wildman–Crippen LogP) is 4.05. The van der Waals surface area contributed by atoms with E-state index in [1.165, 1.54) is 11.3 Å². The minimum Gasteiger partial charge on any atom is -0.343 e. The lowest BCUT2D eigenvalue weighted by atomic mass is 10.1. The number of benzene rings is 1. The van der Waals surface area contributed by atoms with Crippen LogP contribution < -0.4 is 4.90 Å². The number of halogens is 1. The summed E-state index contributed by atoms with van der Waals surface area (Å²) < 4.78 is 0.685. The monoisotopic (exact) mass is 285 g/mol. The highest BCUT2D eigenvalue weighted by molar-refractivity contribution is 7.73. The van der Waals surface area contributed by atoms with E-state index in [1.807, 2.05) is 25.2 Å². The molecule has 1 N–H and O–H groups in total. The summed E-state index contributed by atoms with van der Waals surface area (Å²) >= 11 is 12.5. The van der Waals surface area contributed by atoms with Gasteiger partial charge >= 0.3 is 0 Å². The van der Waals surface area contributed by atoms with Gasteiger partial charge in [-0.2, -0.15) is 0 Å². The molecular weight excluding hydrogens is 274 g/mol. The molecule has 0 aliphatic heterocycles. The maximum absolute atomic E-state index is 5.99. The fourth-order valence-electron chi connectivity index (χ4n) is 1.53. The lowest BCUT2D eigenvalue weighted by molar-refractivity contribution is 0.731. The molecule has 0 amide bonds. The fourth-order valence-corrected chi connectivity index (χ4v) is 2.65. The predicted molar refractivity (Wildman–Crippen MR) is 75.6 cm³/mol. The second-order valence-corrected chi connectivity index (χ2v) is 5.82. The Hall–Kier alpha value is -0.910. The normalized spacial score (nSPS) is 12.4. The molecule has 0 aliphatic rings. The van der Waals surface area contributed by atoms with Gasteiger partial charge in [-0.3, -0.25) is 5.10 Å². The molecule has 1 atom stereocenters. The van der Waals surface area contributed by atoms with Crippen LogP contribution in [-0.2, 0) is 0 Å². The summed E-state index contributed by atoms with van der Waals surface area (Å²) in [7, 11) is 1.99. The summed E-state index contributed by atoms with van der Waals surface area (Å²) in [4.78, 5) is 2.07. The van der Waals surface area contributed by atoms with Crippen molar-refractivity contribution in [3.8, 4) is 0 Å². The zero-order valence-corrected chi connectivity index (χ0v) is 11.9. The molecule has 0 radical (unpaired) electrons. The Kier molecular flexibility index (Phi) is 3.81. The standard InChI is InChI=1S/C11H12ClN3S2/c1-7(8-4-3-5-9(12)6-8)15(2)10-13-14-11(16)17-10/h3-7H,1-2H3,(H,14,16). The molecule has 1 aromatic heterocycles. The van der Waals surface area contributed by atoms with Gasteiger partial charge in [0.2, 0.25) is 5.13 Å². The molecule has 2 rings (SSSR count). The largest absolute Gasteiger partial charge is 0.343 e. The van der Waals surface area contributed by atoms with E-state index in [2.05, 4.69) is 28.1 Å². The highest BCUT2D eigenvalue weighted by atomic mass is 35.5. The molecule has 0 saturated heterocycles. The molecule has 0 bridgehead atoms. The maximum atomic E-state index is 5.99. The molecule has 1 heterocycles. The number of nitrogens with zero attached hydrogens (tertiary/aromatic N) is 2. The highest BCUT2D eigenvalue weighted by Gasteiger charge is 2.15. The van der Waals surface area contributed by atoms with Crippen molar-refractivity contribution in [2.75, 3.05) is 11.9 Å². The van der Waals surface area contributed by atoms with Gasteiger partial charge in [0.05, 0.1) is 6.04 Å². The van der Waals surface area contributed by atoms with Gasteiger partial charge in [0.15, 0.2) is 3.95 Å². The Bertz CT molecular complexity index is 564. The zero-order chi connectivity index (χ0) is 12.4.